The van der Waals surface area contributed by atoms with Gasteiger partial charge < -0.3 is 19.5 Å². The smallest absolute Gasteiger partial charge is 0.322 e. The van der Waals surface area contributed by atoms with Gasteiger partial charge in [-0.25, -0.2) is 4.79 Å². The third kappa shape index (κ3) is 4.20. The summed E-state index contributed by atoms with van der Waals surface area (Å²) in [7, 11) is 0. The van der Waals surface area contributed by atoms with Gasteiger partial charge in [-0.1, -0.05) is 41.9 Å². The summed E-state index contributed by atoms with van der Waals surface area (Å²) < 4.78 is 7.80. The summed E-state index contributed by atoms with van der Waals surface area (Å²) in [6.45, 7) is 3.04. The summed E-state index contributed by atoms with van der Waals surface area (Å²) in [6.07, 6.45) is 2.05. The highest BCUT2D eigenvalue weighted by molar-refractivity contribution is 6.30. The second kappa shape index (κ2) is 9.04. The Bertz CT molecular complexity index is 1270. The van der Waals surface area contributed by atoms with Crippen molar-refractivity contribution >= 4 is 23.3 Å². The van der Waals surface area contributed by atoms with Gasteiger partial charge in [0.2, 0.25) is 0 Å². The first kappa shape index (κ1) is 21.2. The van der Waals surface area contributed by atoms with Gasteiger partial charge in [-0.15, -0.1) is 0 Å². The number of carbonyl (C=O) groups is 1. The molecule has 1 atom stereocenters. The van der Waals surface area contributed by atoms with Crippen molar-refractivity contribution < 1.29 is 9.53 Å². The number of fused-ring (bicyclic) bond motifs is 3. The van der Waals surface area contributed by atoms with Gasteiger partial charge in [0.05, 0.1) is 24.9 Å². The van der Waals surface area contributed by atoms with E-state index in [9.17, 15) is 4.79 Å². The highest BCUT2D eigenvalue weighted by atomic mass is 35.5. The van der Waals surface area contributed by atoms with E-state index in [2.05, 4.69) is 34.3 Å². The maximum Gasteiger partial charge on any atom is 0.322 e. The number of hydrogen-bond donors (Lipinski definition) is 1. The van der Waals surface area contributed by atoms with Crippen LogP contribution in [0.4, 0.5) is 10.5 Å². The Morgan fingerprint density at radius 3 is 2.52 bits per heavy atom. The molecule has 0 saturated carbocycles. The van der Waals surface area contributed by atoms with Crippen molar-refractivity contribution in [2.24, 2.45) is 0 Å². The van der Waals surface area contributed by atoms with Crippen molar-refractivity contribution in [2.45, 2.75) is 19.5 Å². The number of para-hydroxylation sites is 1. The Balaban J connectivity index is 1.59. The molecular formula is C27H24ClN3O2. The normalized spacial score (nSPS) is 14.7. The van der Waals surface area contributed by atoms with Crippen LogP contribution < -0.4 is 10.1 Å². The van der Waals surface area contributed by atoms with Crippen LogP contribution in [0.15, 0.2) is 91.1 Å². The van der Waals surface area contributed by atoms with Crippen LogP contribution in [-0.2, 0) is 6.54 Å². The molecule has 5 rings (SSSR count). The number of halogens is 1. The van der Waals surface area contributed by atoms with E-state index in [1.165, 1.54) is 0 Å². The Labute approximate surface area is 198 Å². The number of hydrogen-bond acceptors (Lipinski definition) is 2. The highest BCUT2D eigenvalue weighted by Gasteiger charge is 2.33. The first-order valence-corrected chi connectivity index (χ1v) is 11.3. The maximum atomic E-state index is 13.6. The first-order chi connectivity index (χ1) is 16.1. The molecule has 1 unspecified atom stereocenters. The van der Waals surface area contributed by atoms with Crippen molar-refractivity contribution in [1.29, 1.82) is 0 Å². The molecular weight excluding hydrogens is 434 g/mol. The number of nitrogens with one attached hydrogen (secondary N) is 1. The Morgan fingerprint density at radius 1 is 1.00 bits per heavy atom. The van der Waals surface area contributed by atoms with Crippen molar-refractivity contribution in [3.8, 4) is 11.4 Å². The lowest BCUT2D eigenvalue weighted by molar-refractivity contribution is 0.194. The van der Waals surface area contributed by atoms with Crippen LogP contribution in [0, 0.1) is 0 Å². The second-order valence-corrected chi connectivity index (χ2v) is 8.34. The minimum atomic E-state index is -0.282. The zero-order valence-corrected chi connectivity index (χ0v) is 19.0. The minimum Gasteiger partial charge on any atom is -0.494 e. The average molecular weight is 458 g/mol. The lowest BCUT2D eigenvalue weighted by Crippen LogP contribution is -2.37. The third-order valence-electron chi connectivity index (χ3n) is 5.83. The molecule has 0 spiro atoms. The van der Waals surface area contributed by atoms with Crippen LogP contribution in [0.5, 0.6) is 5.75 Å². The molecule has 6 heteroatoms. The highest BCUT2D eigenvalue weighted by Crippen LogP contribution is 2.37. The van der Waals surface area contributed by atoms with Gasteiger partial charge in [0.15, 0.2) is 0 Å². The fourth-order valence-electron chi connectivity index (χ4n) is 4.33. The number of nitrogens with zero attached hydrogens (tertiary/aromatic N) is 2. The number of urea groups is 1. The third-order valence-corrected chi connectivity index (χ3v) is 6.08. The fraction of sp³-hybridized carbons (Fsp3) is 0.148. The van der Waals surface area contributed by atoms with Crippen LogP contribution in [0.1, 0.15) is 29.8 Å². The minimum absolute atomic E-state index is 0.180. The molecule has 166 valence electrons. The Hall–Kier alpha value is -3.70. The SMILES string of the molecule is CCOc1ccc(C2c3cccn3-c3ccccc3CN2C(=O)Nc2ccc(Cl)cc2)cc1. The molecule has 4 aromatic rings. The largest absolute Gasteiger partial charge is 0.494 e. The quantitative estimate of drug-likeness (QED) is 0.372. The van der Waals surface area contributed by atoms with Gasteiger partial charge in [-0.3, -0.25) is 0 Å². The summed E-state index contributed by atoms with van der Waals surface area (Å²) in [5.74, 6) is 0.811. The van der Waals surface area contributed by atoms with E-state index in [1.54, 1.807) is 24.3 Å². The zero-order valence-electron chi connectivity index (χ0n) is 18.2. The number of amides is 2. The zero-order chi connectivity index (χ0) is 22.8. The average Bonchev–Trinajstić information content (AvgIpc) is 3.26. The van der Waals surface area contributed by atoms with Crippen LogP contribution in [0.25, 0.3) is 5.69 Å². The molecule has 2 amide bonds. The van der Waals surface area contributed by atoms with Gasteiger partial charge in [0, 0.05) is 22.6 Å². The molecule has 1 aliphatic heterocycles. The standard InChI is InChI=1S/C27H24ClN3O2/c1-2-33-23-15-9-19(10-16-23)26-25-8-5-17-30(25)24-7-4-3-6-20(24)18-31(26)27(32)29-22-13-11-21(28)12-14-22/h3-17,26H,2,18H2,1H3,(H,29,32). The van der Waals surface area contributed by atoms with E-state index in [0.29, 0.717) is 23.9 Å². The lowest BCUT2D eigenvalue weighted by Gasteiger charge is -2.31. The predicted molar refractivity (Wildman–Crippen MR) is 131 cm³/mol. The van der Waals surface area contributed by atoms with Crippen molar-refractivity contribution in [3.63, 3.8) is 0 Å². The second-order valence-electron chi connectivity index (χ2n) is 7.90. The summed E-state index contributed by atoms with van der Waals surface area (Å²) in [5, 5.41) is 3.67. The maximum absolute atomic E-state index is 13.6. The van der Waals surface area contributed by atoms with Crippen LogP contribution >= 0.6 is 11.6 Å². The first-order valence-electron chi connectivity index (χ1n) is 11.0. The summed E-state index contributed by atoms with van der Waals surface area (Å²) in [4.78, 5) is 15.5. The molecule has 1 N–H and O–H groups in total. The van der Waals surface area contributed by atoms with Gasteiger partial charge in [0.1, 0.15) is 5.75 Å². The van der Waals surface area contributed by atoms with E-state index in [-0.39, 0.29) is 12.1 Å². The number of rotatable bonds is 4. The molecule has 1 aromatic heterocycles. The molecule has 33 heavy (non-hydrogen) atoms. The molecule has 0 bridgehead atoms. The molecule has 3 aromatic carbocycles. The van der Waals surface area contributed by atoms with Gasteiger partial charge in [-0.2, -0.15) is 0 Å². The molecule has 2 heterocycles. The number of anilines is 1. The molecule has 0 saturated heterocycles. The van der Waals surface area contributed by atoms with E-state index in [1.807, 2.05) is 54.3 Å². The van der Waals surface area contributed by atoms with E-state index in [4.69, 9.17) is 16.3 Å². The number of benzene rings is 3. The summed E-state index contributed by atoms with van der Waals surface area (Å²) >= 11 is 6.02. The number of ether oxygens (including phenoxy) is 1. The van der Waals surface area contributed by atoms with Crippen LogP contribution in [-0.4, -0.2) is 22.1 Å². The molecule has 5 nitrogen and oxygen atoms in total. The molecule has 0 radical (unpaired) electrons. The summed E-state index contributed by atoms with van der Waals surface area (Å²) in [6, 6.07) is 27.0. The molecule has 0 fully saturated rings. The van der Waals surface area contributed by atoms with E-state index < -0.39 is 0 Å². The topological polar surface area (TPSA) is 46.5 Å². The van der Waals surface area contributed by atoms with Crippen LogP contribution in [0.2, 0.25) is 5.02 Å². The van der Waals surface area contributed by atoms with Gasteiger partial charge in [-0.05, 0) is 72.6 Å². The van der Waals surface area contributed by atoms with E-state index in [0.717, 1.165) is 28.3 Å². The van der Waals surface area contributed by atoms with Crippen molar-refractivity contribution in [1.82, 2.24) is 9.47 Å². The Morgan fingerprint density at radius 2 is 1.76 bits per heavy atom. The Kier molecular flexibility index (Phi) is 5.80. The molecule has 0 aliphatic carbocycles. The monoisotopic (exact) mass is 457 g/mol. The number of carbonyl (C=O) groups excluding carboxylic acids is 1. The molecule has 1 aliphatic rings. The summed E-state index contributed by atoms with van der Waals surface area (Å²) in [5.41, 5.74) is 4.89. The van der Waals surface area contributed by atoms with Gasteiger partial charge in [0.25, 0.3) is 0 Å². The lowest BCUT2D eigenvalue weighted by atomic mass is 10.0. The van der Waals surface area contributed by atoms with Crippen molar-refractivity contribution in [2.75, 3.05) is 11.9 Å². The fourth-order valence-corrected chi connectivity index (χ4v) is 4.46. The number of aromatic nitrogens is 1. The van der Waals surface area contributed by atoms with Crippen molar-refractivity contribution in [3.05, 3.63) is 113 Å². The van der Waals surface area contributed by atoms with E-state index >= 15 is 0 Å². The van der Waals surface area contributed by atoms with Crippen LogP contribution in [0.3, 0.4) is 0 Å². The van der Waals surface area contributed by atoms with Gasteiger partial charge >= 0.3 is 6.03 Å². The predicted octanol–water partition coefficient (Wildman–Crippen LogP) is 6.67.